The first kappa shape index (κ1) is 17.5. The molecule has 0 aliphatic rings. The van der Waals surface area contributed by atoms with E-state index in [0.29, 0.717) is 24.5 Å². The monoisotopic (exact) mass is 354 g/mol. The minimum absolute atomic E-state index is 0.189. The quantitative estimate of drug-likeness (QED) is 0.711. The van der Waals surface area contributed by atoms with Crippen molar-refractivity contribution in [3.05, 3.63) is 83.8 Å². The van der Waals surface area contributed by atoms with Crippen molar-refractivity contribution < 1.29 is 13.6 Å². The van der Waals surface area contributed by atoms with Gasteiger partial charge in [-0.2, -0.15) is 0 Å². The van der Waals surface area contributed by atoms with Crippen molar-refractivity contribution in [2.24, 2.45) is 0 Å². The van der Waals surface area contributed by atoms with Crippen LogP contribution in [0.2, 0.25) is 0 Å². The number of benzene rings is 2. The van der Waals surface area contributed by atoms with E-state index < -0.39 is 0 Å². The van der Waals surface area contributed by atoms with E-state index in [1.54, 1.807) is 24.3 Å². The third-order valence-electron chi connectivity index (χ3n) is 3.61. The van der Waals surface area contributed by atoms with Crippen LogP contribution in [0.1, 0.15) is 16.1 Å². The van der Waals surface area contributed by atoms with E-state index in [1.807, 2.05) is 0 Å². The first-order valence-corrected chi connectivity index (χ1v) is 7.97. The molecule has 7 heteroatoms. The molecule has 0 aliphatic heterocycles. The molecule has 3 rings (SSSR count). The Morgan fingerprint density at radius 2 is 1.54 bits per heavy atom. The number of hydrogen-bond donors (Lipinski definition) is 2. The molecule has 0 atom stereocenters. The molecule has 0 aliphatic carbocycles. The molecule has 26 heavy (non-hydrogen) atoms. The highest BCUT2D eigenvalue weighted by Crippen LogP contribution is 2.14. The molecule has 1 aromatic heterocycles. The lowest BCUT2D eigenvalue weighted by Gasteiger charge is -2.07. The van der Waals surface area contributed by atoms with E-state index in [4.69, 9.17) is 0 Å². The fourth-order valence-electron chi connectivity index (χ4n) is 2.25. The van der Waals surface area contributed by atoms with E-state index in [9.17, 15) is 13.6 Å². The number of amides is 1. The summed E-state index contributed by atoms with van der Waals surface area (Å²) in [6.45, 7) is 0.404. The molecule has 3 aromatic rings. The van der Waals surface area contributed by atoms with Crippen molar-refractivity contribution in [1.82, 2.24) is 15.3 Å². The number of carbonyl (C=O) groups is 1. The van der Waals surface area contributed by atoms with Gasteiger partial charge in [-0.15, -0.1) is 0 Å². The van der Waals surface area contributed by atoms with Gasteiger partial charge in [-0.3, -0.25) is 4.79 Å². The molecule has 1 amide bonds. The summed E-state index contributed by atoms with van der Waals surface area (Å²) >= 11 is 0. The van der Waals surface area contributed by atoms with E-state index in [2.05, 4.69) is 20.6 Å². The van der Waals surface area contributed by atoms with Gasteiger partial charge in [0, 0.05) is 12.2 Å². The van der Waals surface area contributed by atoms with E-state index in [-0.39, 0.29) is 23.2 Å². The Balaban J connectivity index is 1.51. The van der Waals surface area contributed by atoms with E-state index >= 15 is 0 Å². The fourth-order valence-corrected chi connectivity index (χ4v) is 2.25. The highest BCUT2D eigenvalue weighted by atomic mass is 19.1. The van der Waals surface area contributed by atoms with Gasteiger partial charge in [0.25, 0.3) is 5.91 Å². The number of rotatable bonds is 6. The number of anilines is 2. The van der Waals surface area contributed by atoms with Crippen molar-refractivity contribution in [3.8, 4) is 0 Å². The van der Waals surface area contributed by atoms with Gasteiger partial charge in [-0.1, -0.05) is 12.1 Å². The summed E-state index contributed by atoms with van der Waals surface area (Å²) in [5, 5.41) is 5.70. The van der Waals surface area contributed by atoms with Crippen molar-refractivity contribution in [3.63, 3.8) is 0 Å². The topological polar surface area (TPSA) is 66.9 Å². The summed E-state index contributed by atoms with van der Waals surface area (Å²) in [5.41, 5.74) is 1.78. The second kappa shape index (κ2) is 8.15. The lowest BCUT2D eigenvalue weighted by molar-refractivity contribution is 0.0949. The van der Waals surface area contributed by atoms with Gasteiger partial charge in [0.1, 0.15) is 23.1 Å². The summed E-state index contributed by atoms with van der Waals surface area (Å²) < 4.78 is 25.7. The summed E-state index contributed by atoms with van der Waals surface area (Å²) in [7, 11) is 0. The van der Waals surface area contributed by atoms with Crippen LogP contribution in [0, 0.1) is 11.6 Å². The normalized spacial score (nSPS) is 10.4. The molecule has 0 fully saturated rings. The SMILES string of the molecule is O=C(NCCc1ccc(F)cc1)c1cnc(Nc2ccc(F)cc2)cn1. The van der Waals surface area contributed by atoms with Gasteiger partial charge in [-0.25, -0.2) is 18.7 Å². The third kappa shape index (κ3) is 4.83. The first-order valence-electron chi connectivity index (χ1n) is 7.97. The van der Waals surface area contributed by atoms with Crippen LogP contribution < -0.4 is 10.6 Å². The molecule has 2 aromatic carbocycles. The summed E-state index contributed by atoms with van der Waals surface area (Å²) in [6, 6.07) is 11.9. The van der Waals surface area contributed by atoms with Crippen LogP contribution in [0.15, 0.2) is 60.9 Å². The lowest BCUT2D eigenvalue weighted by Crippen LogP contribution is -2.26. The molecule has 2 N–H and O–H groups in total. The van der Waals surface area contributed by atoms with Crippen molar-refractivity contribution in [2.75, 3.05) is 11.9 Å². The zero-order valence-corrected chi connectivity index (χ0v) is 13.7. The maximum Gasteiger partial charge on any atom is 0.271 e. The Hall–Kier alpha value is -3.35. The van der Waals surface area contributed by atoms with Gasteiger partial charge >= 0.3 is 0 Å². The highest BCUT2D eigenvalue weighted by molar-refractivity contribution is 5.92. The predicted molar refractivity (Wildman–Crippen MR) is 94.2 cm³/mol. The fraction of sp³-hybridized carbons (Fsp3) is 0.105. The Labute approximate surface area is 149 Å². The largest absolute Gasteiger partial charge is 0.350 e. The van der Waals surface area contributed by atoms with Crippen LogP contribution in [0.3, 0.4) is 0 Å². The van der Waals surface area contributed by atoms with Gasteiger partial charge in [-0.05, 0) is 48.4 Å². The second-order valence-corrected chi connectivity index (χ2v) is 5.55. The molecule has 1 heterocycles. The number of aromatic nitrogens is 2. The molecule has 0 saturated heterocycles. The molecular weight excluding hydrogens is 338 g/mol. The zero-order valence-electron chi connectivity index (χ0n) is 13.7. The van der Waals surface area contributed by atoms with Crippen LogP contribution >= 0.6 is 0 Å². The summed E-state index contributed by atoms with van der Waals surface area (Å²) in [6.07, 6.45) is 3.38. The van der Waals surface area contributed by atoms with Crippen LogP contribution in [-0.4, -0.2) is 22.4 Å². The van der Waals surface area contributed by atoms with Gasteiger partial charge < -0.3 is 10.6 Å². The van der Waals surface area contributed by atoms with E-state index in [1.165, 1.54) is 36.7 Å². The highest BCUT2D eigenvalue weighted by Gasteiger charge is 2.08. The molecule has 0 saturated carbocycles. The third-order valence-corrected chi connectivity index (χ3v) is 3.61. The van der Waals surface area contributed by atoms with Gasteiger partial charge in [0.05, 0.1) is 12.4 Å². The number of nitrogens with one attached hydrogen (secondary N) is 2. The Bertz CT molecular complexity index is 866. The molecule has 132 valence electrons. The average molecular weight is 354 g/mol. The molecule has 0 radical (unpaired) electrons. The lowest BCUT2D eigenvalue weighted by atomic mass is 10.1. The van der Waals surface area contributed by atoms with Crippen LogP contribution in [0.5, 0.6) is 0 Å². The van der Waals surface area contributed by atoms with Crippen molar-refractivity contribution in [1.29, 1.82) is 0 Å². The zero-order chi connectivity index (χ0) is 18.4. The first-order chi connectivity index (χ1) is 12.6. The number of carbonyl (C=O) groups excluding carboxylic acids is 1. The average Bonchev–Trinajstić information content (AvgIpc) is 2.66. The van der Waals surface area contributed by atoms with Crippen LogP contribution in [0.4, 0.5) is 20.3 Å². The summed E-state index contributed by atoms with van der Waals surface area (Å²) in [4.78, 5) is 20.3. The Morgan fingerprint density at radius 3 is 2.15 bits per heavy atom. The molecule has 0 unspecified atom stereocenters. The van der Waals surface area contributed by atoms with Gasteiger partial charge in [0.2, 0.25) is 0 Å². The second-order valence-electron chi connectivity index (χ2n) is 5.55. The Morgan fingerprint density at radius 1 is 0.885 bits per heavy atom. The van der Waals surface area contributed by atoms with Crippen LogP contribution in [-0.2, 0) is 6.42 Å². The number of nitrogens with zero attached hydrogens (tertiary/aromatic N) is 2. The molecule has 0 spiro atoms. The van der Waals surface area contributed by atoms with E-state index in [0.717, 1.165) is 5.56 Å². The molecule has 5 nitrogen and oxygen atoms in total. The van der Waals surface area contributed by atoms with Gasteiger partial charge in [0.15, 0.2) is 0 Å². The standard InChI is InChI=1S/C19H16F2N4O/c20-14-3-1-13(2-4-14)9-10-22-19(26)17-11-24-18(12-23-17)25-16-7-5-15(21)6-8-16/h1-8,11-12H,9-10H2,(H,22,26)(H,24,25). The smallest absolute Gasteiger partial charge is 0.271 e. The summed E-state index contributed by atoms with van der Waals surface area (Å²) in [5.74, 6) is -0.510. The Kier molecular flexibility index (Phi) is 5.48. The number of halogens is 2. The van der Waals surface area contributed by atoms with Crippen molar-refractivity contribution in [2.45, 2.75) is 6.42 Å². The predicted octanol–water partition coefficient (Wildman–Crippen LogP) is 3.47. The molecule has 0 bridgehead atoms. The minimum atomic E-state index is -0.340. The number of hydrogen-bond acceptors (Lipinski definition) is 4. The maximum atomic E-state index is 12.9. The maximum absolute atomic E-state index is 12.9. The van der Waals surface area contributed by atoms with Crippen molar-refractivity contribution >= 4 is 17.4 Å². The minimum Gasteiger partial charge on any atom is -0.350 e. The molecular formula is C19H16F2N4O. The van der Waals surface area contributed by atoms with Crippen LogP contribution in [0.25, 0.3) is 0 Å².